The molecule has 1 atom stereocenters. The minimum absolute atomic E-state index is 0.224. The first kappa shape index (κ1) is 12.8. The molecule has 0 radical (unpaired) electrons. The Morgan fingerprint density at radius 2 is 1.94 bits per heavy atom. The number of hydrogen-bond acceptors (Lipinski definition) is 3. The lowest BCUT2D eigenvalue weighted by Gasteiger charge is -2.29. The van der Waals surface area contributed by atoms with Crippen LogP contribution < -0.4 is 5.73 Å². The summed E-state index contributed by atoms with van der Waals surface area (Å²) >= 11 is 0. The van der Waals surface area contributed by atoms with E-state index in [4.69, 9.17) is 5.73 Å². The number of amides is 1. The van der Waals surface area contributed by atoms with E-state index in [-0.39, 0.29) is 5.91 Å². The molecule has 0 spiro atoms. The second-order valence-corrected chi connectivity index (χ2v) is 6.02. The van der Waals surface area contributed by atoms with E-state index in [1.807, 2.05) is 18.7 Å². The average molecular weight is 239 g/mol. The fraction of sp³-hybridized carbons (Fsp3) is 0.923. The minimum atomic E-state index is -0.403. The lowest BCUT2D eigenvalue weighted by molar-refractivity contribution is -0.138. The van der Waals surface area contributed by atoms with E-state index in [9.17, 15) is 4.79 Å². The van der Waals surface area contributed by atoms with Crippen LogP contribution in [-0.4, -0.2) is 54.5 Å². The summed E-state index contributed by atoms with van der Waals surface area (Å²) < 4.78 is 0. The molecule has 0 aromatic carbocycles. The highest BCUT2D eigenvalue weighted by atomic mass is 16.2. The van der Waals surface area contributed by atoms with Crippen molar-refractivity contribution in [1.82, 2.24) is 9.80 Å². The van der Waals surface area contributed by atoms with Crippen molar-refractivity contribution in [1.29, 1.82) is 0 Å². The van der Waals surface area contributed by atoms with Gasteiger partial charge in [-0.15, -0.1) is 0 Å². The van der Waals surface area contributed by atoms with Crippen LogP contribution in [0, 0.1) is 5.41 Å². The highest BCUT2D eigenvalue weighted by molar-refractivity contribution is 5.82. The molecule has 2 fully saturated rings. The van der Waals surface area contributed by atoms with Crippen LogP contribution in [0.15, 0.2) is 0 Å². The molecular weight excluding hydrogens is 214 g/mol. The van der Waals surface area contributed by atoms with Gasteiger partial charge in [0.15, 0.2) is 0 Å². The second kappa shape index (κ2) is 4.94. The number of nitrogens with zero attached hydrogens (tertiary/aromatic N) is 2. The minimum Gasteiger partial charge on any atom is -0.341 e. The number of rotatable bonds is 3. The van der Waals surface area contributed by atoms with Crippen LogP contribution in [0.2, 0.25) is 0 Å². The fourth-order valence-corrected chi connectivity index (χ4v) is 2.85. The Balaban J connectivity index is 1.91. The first-order valence-electron chi connectivity index (χ1n) is 6.78. The highest BCUT2D eigenvalue weighted by Gasteiger charge is 2.37. The van der Waals surface area contributed by atoms with Gasteiger partial charge in [0.1, 0.15) is 0 Å². The van der Waals surface area contributed by atoms with Crippen LogP contribution in [0.1, 0.15) is 33.1 Å². The predicted octanol–water partition coefficient (Wildman–Crippen LogP) is 0.668. The van der Waals surface area contributed by atoms with Gasteiger partial charge in [0.2, 0.25) is 5.91 Å². The van der Waals surface area contributed by atoms with E-state index in [1.54, 1.807) is 0 Å². The second-order valence-electron chi connectivity index (χ2n) is 6.02. The third-order valence-corrected chi connectivity index (χ3v) is 4.20. The molecule has 1 amide bonds. The number of hydrogen-bond donors (Lipinski definition) is 1. The Kier molecular flexibility index (Phi) is 3.73. The molecular formula is C13H25N3O. The molecule has 0 saturated carbocycles. The zero-order valence-electron chi connectivity index (χ0n) is 11.1. The standard InChI is InChI=1S/C13H25N3O/c1-13(2,10-14)12(17)16-8-5-11(9-16)15-6-3-4-7-15/h11H,3-10,14H2,1-2H3. The quantitative estimate of drug-likeness (QED) is 0.787. The van der Waals surface area contributed by atoms with Gasteiger partial charge in [-0.3, -0.25) is 9.69 Å². The largest absolute Gasteiger partial charge is 0.341 e. The molecule has 0 aromatic rings. The van der Waals surface area contributed by atoms with Crippen LogP contribution in [-0.2, 0) is 4.79 Å². The molecule has 0 aromatic heterocycles. The van der Waals surface area contributed by atoms with Crippen molar-refractivity contribution in [3.8, 4) is 0 Å². The van der Waals surface area contributed by atoms with E-state index in [0.717, 1.165) is 19.5 Å². The summed E-state index contributed by atoms with van der Waals surface area (Å²) in [5, 5.41) is 0. The SMILES string of the molecule is CC(C)(CN)C(=O)N1CCC(N2CCCC2)C1. The van der Waals surface area contributed by atoms with Crippen LogP contribution in [0.5, 0.6) is 0 Å². The fourth-order valence-electron chi connectivity index (χ4n) is 2.85. The molecule has 4 nitrogen and oxygen atoms in total. The first-order valence-corrected chi connectivity index (χ1v) is 6.78. The lowest BCUT2D eigenvalue weighted by atomic mass is 9.92. The molecule has 2 N–H and O–H groups in total. The van der Waals surface area contributed by atoms with Gasteiger partial charge in [0.25, 0.3) is 0 Å². The Morgan fingerprint density at radius 3 is 2.53 bits per heavy atom. The van der Waals surface area contributed by atoms with Crippen molar-refractivity contribution >= 4 is 5.91 Å². The molecule has 98 valence electrons. The van der Waals surface area contributed by atoms with Gasteiger partial charge in [-0.2, -0.15) is 0 Å². The van der Waals surface area contributed by atoms with Gasteiger partial charge in [0, 0.05) is 25.7 Å². The van der Waals surface area contributed by atoms with Crippen molar-refractivity contribution in [2.75, 3.05) is 32.7 Å². The van der Waals surface area contributed by atoms with Gasteiger partial charge in [0.05, 0.1) is 5.41 Å². The molecule has 2 saturated heterocycles. The molecule has 4 heteroatoms. The molecule has 0 bridgehead atoms. The molecule has 1 unspecified atom stereocenters. The Hall–Kier alpha value is -0.610. The van der Waals surface area contributed by atoms with Gasteiger partial charge < -0.3 is 10.6 Å². The number of carbonyl (C=O) groups excluding carboxylic acids is 1. The Labute approximate surface area is 104 Å². The molecule has 2 rings (SSSR count). The molecule has 2 heterocycles. The maximum Gasteiger partial charge on any atom is 0.229 e. The number of carbonyl (C=O) groups is 1. The first-order chi connectivity index (χ1) is 8.04. The predicted molar refractivity (Wildman–Crippen MR) is 68.6 cm³/mol. The summed E-state index contributed by atoms with van der Waals surface area (Å²) in [7, 11) is 0. The van der Waals surface area contributed by atoms with Crippen LogP contribution >= 0.6 is 0 Å². The molecule has 2 aliphatic rings. The maximum absolute atomic E-state index is 12.3. The summed E-state index contributed by atoms with van der Waals surface area (Å²) in [5.74, 6) is 0.224. The normalized spacial score (nSPS) is 26.8. The van der Waals surface area contributed by atoms with Gasteiger partial charge in [-0.1, -0.05) is 0 Å². The summed E-state index contributed by atoms with van der Waals surface area (Å²) in [6, 6.07) is 0.593. The summed E-state index contributed by atoms with van der Waals surface area (Å²) in [4.78, 5) is 16.8. The molecule has 2 aliphatic heterocycles. The lowest BCUT2D eigenvalue weighted by Crippen LogP contribution is -2.45. The van der Waals surface area contributed by atoms with E-state index < -0.39 is 5.41 Å². The van der Waals surface area contributed by atoms with E-state index >= 15 is 0 Å². The van der Waals surface area contributed by atoms with Crippen molar-refractivity contribution < 1.29 is 4.79 Å². The summed E-state index contributed by atoms with van der Waals surface area (Å²) in [6.07, 6.45) is 3.77. The summed E-state index contributed by atoms with van der Waals surface area (Å²) in [5.41, 5.74) is 5.27. The molecule has 17 heavy (non-hydrogen) atoms. The van der Waals surface area contributed by atoms with E-state index in [2.05, 4.69) is 4.90 Å². The topological polar surface area (TPSA) is 49.6 Å². The number of nitrogens with two attached hydrogens (primary N) is 1. The van der Waals surface area contributed by atoms with E-state index in [1.165, 1.54) is 25.9 Å². The zero-order chi connectivity index (χ0) is 12.5. The van der Waals surface area contributed by atoms with E-state index in [0.29, 0.717) is 12.6 Å². The Morgan fingerprint density at radius 1 is 1.29 bits per heavy atom. The van der Waals surface area contributed by atoms with Crippen LogP contribution in [0.4, 0.5) is 0 Å². The van der Waals surface area contributed by atoms with Gasteiger partial charge >= 0.3 is 0 Å². The third-order valence-electron chi connectivity index (χ3n) is 4.20. The maximum atomic E-state index is 12.3. The van der Waals surface area contributed by atoms with Crippen molar-refractivity contribution in [2.45, 2.75) is 39.2 Å². The Bertz CT molecular complexity index is 284. The monoisotopic (exact) mass is 239 g/mol. The van der Waals surface area contributed by atoms with Gasteiger partial charge in [-0.05, 0) is 46.2 Å². The summed E-state index contributed by atoms with van der Waals surface area (Å²) in [6.45, 7) is 8.55. The van der Waals surface area contributed by atoms with Crippen molar-refractivity contribution in [2.24, 2.45) is 11.1 Å². The van der Waals surface area contributed by atoms with Gasteiger partial charge in [-0.25, -0.2) is 0 Å². The smallest absolute Gasteiger partial charge is 0.229 e. The van der Waals surface area contributed by atoms with Crippen LogP contribution in [0.3, 0.4) is 0 Å². The van der Waals surface area contributed by atoms with Crippen LogP contribution in [0.25, 0.3) is 0 Å². The number of likely N-dealkylation sites (tertiary alicyclic amines) is 2. The van der Waals surface area contributed by atoms with Crippen molar-refractivity contribution in [3.05, 3.63) is 0 Å². The third kappa shape index (κ3) is 2.63. The average Bonchev–Trinajstić information content (AvgIpc) is 2.98. The highest BCUT2D eigenvalue weighted by Crippen LogP contribution is 2.24. The van der Waals surface area contributed by atoms with Crippen molar-refractivity contribution in [3.63, 3.8) is 0 Å². The zero-order valence-corrected chi connectivity index (χ0v) is 11.1. The molecule has 0 aliphatic carbocycles.